The number of fused-ring (bicyclic) bond motifs is 2. The van der Waals surface area contributed by atoms with Crippen molar-refractivity contribution in [2.45, 2.75) is 96.0 Å². The van der Waals surface area contributed by atoms with Crippen LogP contribution in [0, 0.1) is 5.92 Å². The Morgan fingerprint density at radius 2 is 1.60 bits per heavy atom. The van der Waals surface area contributed by atoms with Crippen molar-refractivity contribution in [3.63, 3.8) is 0 Å². The van der Waals surface area contributed by atoms with Gasteiger partial charge in [0.05, 0.1) is 6.54 Å². The van der Waals surface area contributed by atoms with E-state index in [1.807, 2.05) is 48.5 Å². The first-order chi connectivity index (χ1) is 20.7. The number of ether oxygens (including phenoxy) is 2. The van der Waals surface area contributed by atoms with E-state index in [4.69, 9.17) is 15.2 Å². The second-order valence-electron chi connectivity index (χ2n) is 13.2. The maximum atomic E-state index is 13.7. The molecule has 0 radical (unpaired) electrons. The van der Waals surface area contributed by atoms with Gasteiger partial charge in [-0.3, -0.25) is 9.59 Å². The quantitative estimate of drug-likeness (QED) is 0.236. The molecular formula is C37H46N2O4. The molecule has 0 bridgehead atoms. The van der Waals surface area contributed by atoms with Crippen LogP contribution in [0.1, 0.15) is 100 Å². The SMILES string of the molecule is CC(C)(C)c1ccc(CCC(CC2CCCCC2)OC(=O)CN)cc1NC(=O)CC1c2ccccc2Oc2ccccc21. The van der Waals surface area contributed by atoms with Gasteiger partial charge in [0, 0.05) is 29.2 Å². The monoisotopic (exact) mass is 582 g/mol. The number of benzene rings is 3. The lowest BCUT2D eigenvalue weighted by atomic mass is 9.83. The zero-order valence-corrected chi connectivity index (χ0v) is 25.9. The predicted molar refractivity (Wildman–Crippen MR) is 172 cm³/mol. The Labute approximate surface area is 256 Å². The molecule has 1 amide bonds. The number of anilines is 1. The molecule has 1 fully saturated rings. The zero-order chi connectivity index (χ0) is 30.4. The van der Waals surface area contributed by atoms with Crippen molar-refractivity contribution in [1.82, 2.24) is 0 Å². The minimum absolute atomic E-state index is 0.0359. The van der Waals surface area contributed by atoms with Crippen molar-refractivity contribution in [3.8, 4) is 11.5 Å². The van der Waals surface area contributed by atoms with Gasteiger partial charge in [0.1, 0.15) is 17.6 Å². The molecule has 1 aliphatic carbocycles. The molecule has 1 saturated carbocycles. The molecule has 3 aromatic carbocycles. The summed E-state index contributed by atoms with van der Waals surface area (Å²) in [6, 6.07) is 22.3. The topological polar surface area (TPSA) is 90.6 Å². The first-order valence-electron chi connectivity index (χ1n) is 15.9. The summed E-state index contributed by atoms with van der Waals surface area (Å²) in [5, 5.41) is 3.28. The highest BCUT2D eigenvalue weighted by Gasteiger charge is 2.29. The second-order valence-corrected chi connectivity index (χ2v) is 13.2. The lowest BCUT2D eigenvalue weighted by molar-refractivity contribution is -0.148. The molecule has 0 saturated heterocycles. The largest absolute Gasteiger partial charge is 0.461 e. The molecule has 0 spiro atoms. The summed E-state index contributed by atoms with van der Waals surface area (Å²) in [4.78, 5) is 25.8. The molecule has 5 rings (SSSR count). The molecule has 1 atom stereocenters. The molecule has 1 aliphatic heterocycles. The minimum atomic E-state index is -0.340. The van der Waals surface area contributed by atoms with Crippen molar-refractivity contribution in [2.75, 3.05) is 11.9 Å². The lowest BCUT2D eigenvalue weighted by Crippen LogP contribution is -2.27. The number of nitrogens with two attached hydrogens (primary N) is 1. The van der Waals surface area contributed by atoms with E-state index in [0.717, 1.165) is 58.7 Å². The highest BCUT2D eigenvalue weighted by Crippen LogP contribution is 2.45. The van der Waals surface area contributed by atoms with Gasteiger partial charge in [-0.1, -0.05) is 101 Å². The van der Waals surface area contributed by atoms with Gasteiger partial charge in [-0.15, -0.1) is 0 Å². The number of rotatable bonds is 10. The van der Waals surface area contributed by atoms with Gasteiger partial charge >= 0.3 is 5.97 Å². The van der Waals surface area contributed by atoms with Gasteiger partial charge in [0.25, 0.3) is 0 Å². The molecule has 1 unspecified atom stereocenters. The van der Waals surface area contributed by atoms with Crippen LogP contribution in [-0.4, -0.2) is 24.5 Å². The molecule has 0 aromatic heterocycles. The van der Waals surface area contributed by atoms with Gasteiger partial charge < -0.3 is 20.5 Å². The van der Waals surface area contributed by atoms with Crippen LogP contribution in [0.4, 0.5) is 5.69 Å². The van der Waals surface area contributed by atoms with E-state index in [0.29, 0.717) is 12.3 Å². The van der Waals surface area contributed by atoms with E-state index in [9.17, 15) is 9.59 Å². The second kappa shape index (κ2) is 13.8. The number of para-hydroxylation sites is 2. The highest BCUT2D eigenvalue weighted by atomic mass is 16.5. The third kappa shape index (κ3) is 7.85. The fourth-order valence-electron chi connectivity index (χ4n) is 6.70. The van der Waals surface area contributed by atoms with Crippen LogP contribution in [0.3, 0.4) is 0 Å². The normalized spacial score (nSPS) is 16.0. The van der Waals surface area contributed by atoms with Crippen LogP contribution in [0.25, 0.3) is 0 Å². The standard InChI is InChI=1S/C37H46N2O4/c1-37(2,3)31-20-18-26(17-19-27(42-36(41)24-38)21-25-11-5-4-6-12-25)22-32(31)39-35(40)23-30-28-13-7-9-15-33(28)43-34-16-10-8-14-29(30)34/h7-10,13-16,18,20,22,25,27,30H,4-6,11-12,17,19,21,23-24,38H2,1-3H3,(H,39,40). The average molecular weight is 583 g/mol. The van der Waals surface area contributed by atoms with E-state index in [-0.39, 0.29) is 35.9 Å². The Bertz CT molecular complexity index is 1370. The molecule has 2 aliphatic rings. The number of amides is 1. The molecule has 43 heavy (non-hydrogen) atoms. The Morgan fingerprint density at radius 3 is 2.23 bits per heavy atom. The van der Waals surface area contributed by atoms with Crippen LogP contribution in [0.5, 0.6) is 11.5 Å². The van der Waals surface area contributed by atoms with Crippen molar-refractivity contribution >= 4 is 17.6 Å². The number of carbonyl (C=O) groups is 2. The van der Waals surface area contributed by atoms with Gasteiger partial charge in [-0.2, -0.15) is 0 Å². The summed E-state index contributed by atoms with van der Waals surface area (Å²) in [6.07, 6.45) is 8.76. The third-order valence-corrected chi connectivity index (χ3v) is 8.91. The first-order valence-corrected chi connectivity index (χ1v) is 15.9. The first kappa shape index (κ1) is 30.8. The molecule has 3 aromatic rings. The number of hydrogen-bond donors (Lipinski definition) is 2. The number of hydrogen-bond acceptors (Lipinski definition) is 5. The van der Waals surface area contributed by atoms with E-state index in [1.165, 1.54) is 32.1 Å². The van der Waals surface area contributed by atoms with Crippen molar-refractivity contribution in [2.24, 2.45) is 11.7 Å². The fraction of sp³-hybridized carbons (Fsp3) is 0.459. The predicted octanol–water partition coefficient (Wildman–Crippen LogP) is 8.02. The van der Waals surface area contributed by atoms with E-state index in [2.05, 4.69) is 44.3 Å². The Kier molecular flexibility index (Phi) is 9.86. The number of aryl methyl sites for hydroxylation is 1. The van der Waals surface area contributed by atoms with E-state index < -0.39 is 0 Å². The summed E-state index contributed by atoms with van der Waals surface area (Å²) in [7, 11) is 0. The van der Waals surface area contributed by atoms with E-state index >= 15 is 0 Å². The Hall–Kier alpha value is -3.64. The summed E-state index contributed by atoms with van der Waals surface area (Å²) in [5.74, 6) is 1.73. The Balaban J connectivity index is 1.33. The van der Waals surface area contributed by atoms with Crippen molar-refractivity contribution < 1.29 is 19.1 Å². The molecule has 1 heterocycles. The zero-order valence-electron chi connectivity index (χ0n) is 25.9. The molecule has 3 N–H and O–H groups in total. The maximum Gasteiger partial charge on any atom is 0.319 e. The summed E-state index contributed by atoms with van der Waals surface area (Å²) >= 11 is 0. The van der Waals surface area contributed by atoms with E-state index in [1.54, 1.807) is 0 Å². The molecular weight excluding hydrogens is 536 g/mol. The molecule has 6 nitrogen and oxygen atoms in total. The number of nitrogens with one attached hydrogen (secondary N) is 1. The van der Waals surface area contributed by atoms with Crippen molar-refractivity contribution in [1.29, 1.82) is 0 Å². The van der Waals surface area contributed by atoms with Crippen LogP contribution in [-0.2, 0) is 26.2 Å². The number of carbonyl (C=O) groups excluding carboxylic acids is 2. The van der Waals surface area contributed by atoms with Crippen LogP contribution in [0.2, 0.25) is 0 Å². The van der Waals surface area contributed by atoms with Gasteiger partial charge in [-0.25, -0.2) is 0 Å². The Morgan fingerprint density at radius 1 is 0.953 bits per heavy atom. The van der Waals surface area contributed by atoms with Gasteiger partial charge in [-0.05, 0) is 59.9 Å². The van der Waals surface area contributed by atoms with Gasteiger partial charge in [0.15, 0.2) is 0 Å². The molecule has 228 valence electrons. The van der Waals surface area contributed by atoms with Crippen LogP contribution < -0.4 is 15.8 Å². The summed E-state index contributed by atoms with van der Waals surface area (Å²) in [5.41, 5.74) is 10.5. The number of esters is 1. The molecule has 6 heteroatoms. The maximum absolute atomic E-state index is 13.7. The van der Waals surface area contributed by atoms with Crippen LogP contribution in [0.15, 0.2) is 66.7 Å². The van der Waals surface area contributed by atoms with Gasteiger partial charge in [0.2, 0.25) is 5.91 Å². The highest BCUT2D eigenvalue weighted by molar-refractivity contribution is 5.93. The smallest absolute Gasteiger partial charge is 0.319 e. The average Bonchev–Trinajstić information content (AvgIpc) is 2.99. The summed E-state index contributed by atoms with van der Waals surface area (Å²) < 4.78 is 11.9. The minimum Gasteiger partial charge on any atom is -0.461 e. The van der Waals surface area contributed by atoms with Crippen LogP contribution >= 0.6 is 0 Å². The summed E-state index contributed by atoms with van der Waals surface area (Å²) in [6.45, 7) is 6.39. The third-order valence-electron chi connectivity index (χ3n) is 8.91. The van der Waals surface area contributed by atoms with Crippen molar-refractivity contribution in [3.05, 3.63) is 89.0 Å². The lowest BCUT2D eigenvalue weighted by Gasteiger charge is -2.28. The fourth-order valence-corrected chi connectivity index (χ4v) is 6.70.